The number of thiophene rings is 1. The first-order valence-electron chi connectivity index (χ1n) is 12.5. The highest BCUT2D eigenvalue weighted by Gasteiger charge is 2.16. The number of rotatable bonds is 9. The van der Waals surface area contributed by atoms with Crippen LogP contribution in [0.1, 0.15) is 33.6 Å². The summed E-state index contributed by atoms with van der Waals surface area (Å²) in [6.07, 6.45) is 7.67. The molecule has 1 aliphatic rings. The Hall–Kier alpha value is -3.66. The summed E-state index contributed by atoms with van der Waals surface area (Å²) in [5.74, 6) is 0.398. The Bertz CT molecular complexity index is 1320. The summed E-state index contributed by atoms with van der Waals surface area (Å²) in [5.41, 5.74) is 3.94. The van der Waals surface area contributed by atoms with E-state index in [-0.39, 0.29) is 12.0 Å². The highest BCUT2D eigenvalue weighted by atomic mass is 32.1. The number of piperidine rings is 1. The lowest BCUT2D eigenvalue weighted by Gasteiger charge is -2.29. The van der Waals surface area contributed by atoms with Gasteiger partial charge in [0, 0.05) is 50.5 Å². The lowest BCUT2D eigenvalue weighted by Crippen LogP contribution is -2.37. The van der Waals surface area contributed by atoms with E-state index >= 15 is 0 Å². The number of amides is 1. The van der Waals surface area contributed by atoms with Crippen molar-refractivity contribution in [3.05, 3.63) is 89.2 Å². The molecule has 1 fully saturated rings. The molecule has 0 unspecified atom stereocenters. The first-order valence-corrected chi connectivity index (χ1v) is 13.3. The van der Waals surface area contributed by atoms with Crippen molar-refractivity contribution in [1.82, 2.24) is 25.2 Å². The maximum absolute atomic E-state index is 12.6. The molecule has 1 aliphatic heterocycles. The number of hydrogen-bond donors (Lipinski definition) is 3. The number of nitrogens with zero attached hydrogens (tertiary/aromatic N) is 4. The van der Waals surface area contributed by atoms with Crippen molar-refractivity contribution in [2.75, 3.05) is 25.0 Å². The smallest absolute Gasteiger partial charge is 0.261 e. The van der Waals surface area contributed by atoms with Crippen LogP contribution in [-0.2, 0) is 13.0 Å². The molecule has 4 aromatic rings. The molecular formula is C28H30N6O2S. The number of aliphatic hydroxyl groups excluding tert-OH is 1. The van der Waals surface area contributed by atoms with Gasteiger partial charge in [0.1, 0.15) is 0 Å². The maximum atomic E-state index is 12.6. The molecule has 5 rings (SSSR count). The number of carbonyl (C=O) groups is 1. The molecule has 1 saturated heterocycles. The van der Waals surface area contributed by atoms with Gasteiger partial charge in [-0.1, -0.05) is 12.1 Å². The van der Waals surface area contributed by atoms with Gasteiger partial charge in [-0.3, -0.25) is 9.78 Å². The van der Waals surface area contributed by atoms with Crippen LogP contribution < -0.4 is 10.6 Å². The van der Waals surface area contributed by atoms with Crippen molar-refractivity contribution < 1.29 is 9.90 Å². The van der Waals surface area contributed by atoms with E-state index in [0.717, 1.165) is 60.7 Å². The van der Waals surface area contributed by atoms with Crippen LogP contribution in [0.3, 0.4) is 0 Å². The second-order valence-corrected chi connectivity index (χ2v) is 10.2. The fourth-order valence-electron chi connectivity index (χ4n) is 4.29. The molecule has 8 nitrogen and oxygen atoms in total. The Balaban J connectivity index is 1.19. The largest absolute Gasteiger partial charge is 0.393 e. The van der Waals surface area contributed by atoms with Gasteiger partial charge in [-0.2, -0.15) is 0 Å². The van der Waals surface area contributed by atoms with Gasteiger partial charge >= 0.3 is 0 Å². The molecule has 1 aromatic carbocycles. The van der Waals surface area contributed by atoms with Crippen molar-refractivity contribution in [1.29, 1.82) is 0 Å². The van der Waals surface area contributed by atoms with Gasteiger partial charge in [-0.05, 0) is 72.9 Å². The predicted molar refractivity (Wildman–Crippen MR) is 146 cm³/mol. The van der Waals surface area contributed by atoms with E-state index in [4.69, 9.17) is 0 Å². The maximum Gasteiger partial charge on any atom is 0.261 e. The van der Waals surface area contributed by atoms with E-state index in [2.05, 4.69) is 42.6 Å². The second-order valence-electron chi connectivity index (χ2n) is 9.12. The number of hydrogen-bond acceptors (Lipinski definition) is 8. The van der Waals surface area contributed by atoms with E-state index < -0.39 is 0 Å². The molecule has 0 spiro atoms. The van der Waals surface area contributed by atoms with Crippen LogP contribution in [0, 0.1) is 0 Å². The summed E-state index contributed by atoms with van der Waals surface area (Å²) in [7, 11) is 0. The SMILES string of the molecule is O=C(NCc1ccncc1)c1ccc(-c2ccnc(Nc3cccc(CCN4CCC(O)CC4)c3)n2)s1. The third kappa shape index (κ3) is 6.97. The summed E-state index contributed by atoms with van der Waals surface area (Å²) in [6.45, 7) is 3.35. The van der Waals surface area contributed by atoms with E-state index in [1.807, 2.05) is 42.5 Å². The van der Waals surface area contributed by atoms with Crippen molar-refractivity contribution in [3.63, 3.8) is 0 Å². The summed E-state index contributed by atoms with van der Waals surface area (Å²) in [4.78, 5) is 29.6. The molecular weight excluding hydrogens is 484 g/mol. The topological polar surface area (TPSA) is 103 Å². The third-order valence-electron chi connectivity index (χ3n) is 6.40. The number of benzene rings is 1. The number of aliphatic hydroxyl groups is 1. The fourth-order valence-corrected chi connectivity index (χ4v) is 5.18. The van der Waals surface area contributed by atoms with Crippen molar-refractivity contribution in [3.8, 4) is 10.6 Å². The first kappa shape index (κ1) is 25.0. The molecule has 37 heavy (non-hydrogen) atoms. The van der Waals surface area contributed by atoms with Gasteiger partial charge in [0.05, 0.1) is 21.6 Å². The molecule has 4 heterocycles. The average Bonchev–Trinajstić information content (AvgIpc) is 3.43. The summed E-state index contributed by atoms with van der Waals surface area (Å²) >= 11 is 1.40. The summed E-state index contributed by atoms with van der Waals surface area (Å²) < 4.78 is 0. The van der Waals surface area contributed by atoms with Crippen LogP contribution in [-0.4, -0.2) is 56.6 Å². The van der Waals surface area contributed by atoms with E-state index in [0.29, 0.717) is 17.4 Å². The zero-order valence-electron chi connectivity index (χ0n) is 20.5. The number of likely N-dealkylation sites (tertiary alicyclic amines) is 1. The number of anilines is 2. The molecule has 0 aliphatic carbocycles. The van der Waals surface area contributed by atoms with Crippen molar-refractivity contribution >= 4 is 28.9 Å². The van der Waals surface area contributed by atoms with Gasteiger partial charge in [0.15, 0.2) is 0 Å². The summed E-state index contributed by atoms with van der Waals surface area (Å²) in [6, 6.07) is 17.7. The fraction of sp³-hybridized carbons (Fsp3) is 0.286. The van der Waals surface area contributed by atoms with Crippen LogP contribution in [0.25, 0.3) is 10.6 Å². The molecule has 9 heteroatoms. The number of aromatic nitrogens is 3. The lowest BCUT2D eigenvalue weighted by atomic mass is 10.1. The minimum absolute atomic E-state index is 0.113. The second kappa shape index (κ2) is 12.1. The van der Waals surface area contributed by atoms with Crippen LogP contribution in [0.5, 0.6) is 0 Å². The minimum Gasteiger partial charge on any atom is -0.393 e. The predicted octanol–water partition coefficient (Wildman–Crippen LogP) is 4.27. The molecule has 0 atom stereocenters. The van der Waals surface area contributed by atoms with Crippen molar-refractivity contribution in [2.24, 2.45) is 0 Å². The third-order valence-corrected chi connectivity index (χ3v) is 7.50. The quantitative estimate of drug-likeness (QED) is 0.306. The van der Waals surface area contributed by atoms with Gasteiger partial charge in [-0.25, -0.2) is 9.97 Å². The molecule has 3 aromatic heterocycles. The minimum atomic E-state index is -0.143. The average molecular weight is 515 g/mol. The standard InChI is InChI=1S/C28H30N6O2S/c35-23-10-16-34(17-11-23)15-9-20-2-1-3-22(18-20)32-28-30-14-8-24(33-28)25-4-5-26(37-25)27(36)31-19-21-6-12-29-13-7-21/h1-8,12-14,18,23,35H,9-11,15-17,19H2,(H,31,36)(H,30,32,33). The van der Waals surface area contributed by atoms with Gasteiger partial charge in [0.2, 0.25) is 5.95 Å². The molecule has 1 amide bonds. The Morgan fingerprint density at radius 1 is 1.03 bits per heavy atom. The van der Waals surface area contributed by atoms with Crippen LogP contribution in [0.2, 0.25) is 0 Å². The number of carbonyl (C=O) groups excluding carboxylic acids is 1. The van der Waals surface area contributed by atoms with Crippen LogP contribution >= 0.6 is 11.3 Å². The van der Waals surface area contributed by atoms with E-state index in [1.54, 1.807) is 18.6 Å². The highest BCUT2D eigenvalue weighted by Crippen LogP contribution is 2.27. The molecule has 0 bridgehead atoms. The monoisotopic (exact) mass is 514 g/mol. The number of pyridine rings is 1. The Labute approximate surface area is 220 Å². The zero-order chi connectivity index (χ0) is 25.5. The molecule has 190 valence electrons. The van der Waals surface area contributed by atoms with Gasteiger partial charge in [-0.15, -0.1) is 11.3 Å². The molecule has 3 N–H and O–H groups in total. The number of nitrogens with one attached hydrogen (secondary N) is 2. The zero-order valence-corrected chi connectivity index (χ0v) is 21.3. The molecule has 0 saturated carbocycles. The van der Waals surface area contributed by atoms with Gasteiger partial charge in [0.25, 0.3) is 5.91 Å². The summed E-state index contributed by atoms with van der Waals surface area (Å²) in [5, 5.41) is 16.0. The highest BCUT2D eigenvalue weighted by molar-refractivity contribution is 7.17. The van der Waals surface area contributed by atoms with Gasteiger partial charge < -0.3 is 20.6 Å². The normalized spacial score (nSPS) is 14.4. The van der Waals surface area contributed by atoms with E-state index in [1.165, 1.54) is 16.9 Å². The Morgan fingerprint density at radius 3 is 2.70 bits per heavy atom. The van der Waals surface area contributed by atoms with Crippen LogP contribution in [0.15, 0.2) is 73.2 Å². The van der Waals surface area contributed by atoms with Crippen LogP contribution in [0.4, 0.5) is 11.6 Å². The van der Waals surface area contributed by atoms with Crippen molar-refractivity contribution in [2.45, 2.75) is 31.9 Å². The Morgan fingerprint density at radius 2 is 1.86 bits per heavy atom. The molecule has 0 radical (unpaired) electrons. The lowest BCUT2D eigenvalue weighted by molar-refractivity contribution is 0.0832. The first-order chi connectivity index (χ1) is 18.1. The Kier molecular flexibility index (Phi) is 8.15. The van der Waals surface area contributed by atoms with E-state index in [9.17, 15) is 9.90 Å².